The fourth-order valence-corrected chi connectivity index (χ4v) is 2.10. The molecule has 0 aromatic carbocycles. The smallest absolute Gasteiger partial charge is 0.252 e. The minimum atomic E-state index is -0.0702. The number of nitrogens with zero attached hydrogens (tertiary/aromatic N) is 1. The lowest BCUT2D eigenvalue weighted by Gasteiger charge is -2.13. The molecule has 0 bridgehead atoms. The summed E-state index contributed by atoms with van der Waals surface area (Å²) in [5.41, 5.74) is -0.0702. The van der Waals surface area contributed by atoms with Crippen molar-refractivity contribution in [2.45, 2.75) is 51.5 Å². The fraction of sp³-hybridized carbons (Fsp3) is 0.667. The molecular formula is C12H19N3O. The summed E-state index contributed by atoms with van der Waals surface area (Å²) in [6.07, 6.45) is 4.92. The molecule has 0 unspecified atom stereocenters. The standard InChI is InChI=1S/C12H19N3O/c1-8(2)12-14-10(7-11(16)15-12)13-9-5-3-4-6-9/h7-9H,3-6H2,1-2H3,(H2,13,14,15,16). The Morgan fingerprint density at radius 3 is 2.75 bits per heavy atom. The molecule has 1 aromatic rings. The van der Waals surface area contributed by atoms with Crippen LogP contribution in [-0.2, 0) is 0 Å². The molecule has 0 atom stereocenters. The highest BCUT2D eigenvalue weighted by atomic mass is 16.1. The second kappa shape index (κ2) is 4.68. The van der Waals surface area contributed by atoms with Gasteiger partial charge in [-0.2, -0.15) is 0 Å². The van der Waals surface area contributed by atoms with Crippen LogP contribution in [0.15, 0.2) is 10.9 Å². The molecule has 0 saturated heterocycles. The van der Waals surface area contributed by atoms with Crippen molar-refractivity contribution >= 4 is 5.82 Å². The van der Waals surface area contributed by atoms with Crippen molar-refractivity contribution in [1.82, 2.24) is 9.97 Å². The lowest BCUT2D eigenvalue weighted by Crippen LogP contribution is -2.20. The Hall–Kier alpha value is -1.32. The van der Waals surface area contributed by atoms with E-state index in [2.05, 4.69) is 15.3 Å². The van der Waals surface area contributed by atoms with Crippen LogP contribution >= 0.6 is 0 Å². The van der Waals surface area contributed by atoms with Gasteiger partial charge in [0, 0.05) is 18.0 Å². The molecule has 0 spiro atoms. The highest BCUT2D eigenvalue weighted by Crippen LogP contribution is 2.21. The number of anilines is 1. The zero-order valence-electron chi connectivity index (χ0n) is 9.92. The van der Waals surface area contributed by atoms with Gasteiger partial charge in [-0.15, -0.1) is 0 Å². The molecule has 1 aromatic heterocycles. The summed E-state index contributed by atoms with van der Waals surface area (Å²) in [5, 5.41) is 3.35. The zero-order chi connectivity index (χ0) is 11.5. The first-order chi connectivity index (χ1) is 7.65. The molecule has 1 fully saturated rings. The van der Waals surface area contributed by atoms with E-state index >= 15 is 0 Å². The van der Waals surface area contributed by atoms with Crippen molar-refractivity contribution in [1.29, 1.82) is 0 Å². The Kier molecular flexibility index (Phi) is 3.27. The molecule has 0 aliphatic heterocycles. The van der Waals surface area contributed by atoms with Crippen LogP contribution in [0.4, 0.5) is 5.82 Å². The Morgan fingerprint density at radius 2 is 2.12 bits per heavy atom. The number of nitrogens with one attached hydrogen (secondary N) is 2. The summed E-state index contributed by atoms with van der Waals surface area (Å²) in [4.78, 5) is 18.6. The maximum absolute atomic E-state index is 11.5. The van der Waals surface area contributed by atoms with Crippen molar-refractivity contribution in [2.75, 3.05) is 5.32 Å². The van der Waals surface area contributed by atoms with Gasteiger partial charge in [-0.25, -0.2) is 4.98 Å². The Balaban J connectivity index is 2.16. The van der Waals surface area contributed by atoms with Crippen LogP contribution in [0.2, 0.25) is 0 Å². The van der Waals surface area contributed by atoms with E-state index in [1.165, 1.54) is 25.7 Å². The molecule has 4 nitrogen and oxygen atoms in total. The Morgan fingerprint density at radius 1 is 1.44 bits per heavy atom. The highest BCUT2D eigenvalue weighted by molar-refractivity contribution is 5.34. The number of aromatic nitrogens is 2. The summed E-state index contributed by atoms with van der Waals surface area (Å²) in [5.74, 6) is 1.73. The molecule has 1 aliphatic rings. The van der Waals surface area contributed by atoms with Gasteiger partial charge < -0.3 is 10.3 Å². The second-order valence-corrected chi connectivity index (χ2v) is 4.80. The van der Waals surface area contributed by atoms with Crippen LogP contribution in [0, 0.1) is 0 Å². The zero-order valence-corrected chi connectivity index (χ0v) is 9.92. The van der Waals surface area contributed by atoms with Crippen LogP contribution in [0.5, 0.6) is 0 Å². The van der Waals surface area contributed by atoms with E-state index in [-0.39, 0.29) is 11.5 Å². The van der Waals surface area contributed by atoms with E-state index in [1.807, 2.05) is 13.8 Å². The molecule has 0 amide bonds. The van der Waals surface area contributed by atoms with Gasteiger partial charge in [-0.05, 0) is 12.8 Å². The molecule has 1 heterocycles. The minimum absolute atomic E-state index is 0.0702. The molecule has 0 radical (unpaired) electrons. The number of hydrogen-bond acceptors (Lipinski definition) is 3. The minimum Gasteiger partial charge on any atom is -0.367 e. The molecule has 4 heteroatoms. The number of aromatic amines is 1. The first-order valence-electron chi connectivity index (χ1n) is 6.03. The number of H-pyrrole nitrogens is 1. The van der Waals surface area contributed by atoms with Crippen LogP contribution < -0.4 is 10.9 Å². The Labute approximate surface area is 95.5 Å². The van der Waals surface area contributed by atoms with E-state index in [4.69, 9.17) is 0 Å². The first kappa shape index (κ1) is 11.2. The number of rotatable bonds is 3. The lowest BCUT2D eigenvalue weighted by molar-refractivity contribution is 0.731. The molecule has 16 heavy (non-hydrogen) atoms. The lowest BCUT2D eigenvalue weighted by atomic mass is 10.2. The first-order valence-corrected chi connectivity index (χ1v) is 6.03. The topological polar surface area (TPSA) is 57.8 Å². The molecule has 2 N–H and O–H groups in total. The van der Waals surface area contributed by atoms with E-state index in [0.717, 1.165) is 11.6 Å². The summed E-state index contributed by atoms with van der Waals surface area (Å²) >= 11 is 0. The monoisotopic (exact) mass is 221 g/mol. The van der Waals surface area contributed by atoms with Gasteiger partial charge in [0.15, 0.2) is 0 Å². The van der Waals surface area contributed by atoms with Crippen molar-refractivity contribution in [3.8, 4) is 0 Å². The third-order valence-corrected chi connectivity index (χ3v) is 3.01. The summed E-state index contributed by atoms with van der Waals surface area (Å²) in [7, 11) is 0. The largest absolute Gasteiger partial charge is 0.367 e. The summed E-state index contributed by atoms with van der Waals surface area (Å²) in [6.45, 7) is 4.05. The van der Waals surface area contributed by atoms with Crippen molar-refractivity contribution in [2.24, 2.45) is 0 Å². The van der Waals surface area contributed by atoms with Gasteiger partial charge in [0.2, 0.25) is 0 Å². The van der Waals surface area contributed by atoms with Crippen molar-refractivity contribution in [3.63, 3.8) is 0 Å². The van der Waals surface area contributed by atoms with Gasteiger partial charge in [0.1, 0.15) is 11.6 Å². The average Bonchev–Trinajstić information content (AvgIpc) is 2.69. The second-order valence-electron chi connectivity index (χ2n) is 4.80. The summed E-state index contributed by atoms with van der Waals surface area (Å²) in [6, 6.07) is 2.04. The van der Waals surface area contributed by atoms with Crippen LogP contribution in [0.25, 0.3) is 0 Å². The predicted molar refractivity (Wildman–Crippen MR) is 64.8 cm³/mol. The third kappa shape index (κ3) is 2.62. The molecular weight excluding hydrogens is 202 g/mol. The average molecular weight is 221 g/mol. The third-order valence-electron chi connectivity index (χ3n) is 3.01. The van der Waals surface area contributed by atoms with Gasteiger partial charge in [0.05, 0.1) is 0 Å². The molecule has 88 valence electrons. The Bertz CT molecular complexity index is 405. The maximum Gasteiger partial charge on any atom is 0.252 e. The predicted octanol–water partition coefficient (Wildman–Crippen LogP) is 2.25. The fourth-order valence-electron chi connectivity index (χ4n) is 2.10. The van der Waals surface area contributed by atoms with Gasteiger partial charge in [0.25, 0.3) is 5.56 Å². The van der Waals surface area contributed by atoms with Crippen LogP contribution in [0.3, 0.4) is 0 Å². The summed E-state index contributed by atoms with van der Waals surface area (Å²) < 4.78 is 0. The van der Waals surface area contributed by atoms with Crippen molar-refractivity contribution in [3.05, 3.63) is 22.2 Å². The number of hydrogen-bond donors (Lipinski definition) is 2. The van der Waals surface area contributed by atoms with E-state index in [9.17, 15) is 4.79 Å². The highest BCUT2D eigenvalue weighted by Gasteiger charge is 2.15. The van der Waals surface area contributed by atoms with E-state index < -0.39 is 0 Å². The van der Waals surface area contributed by atoms with Crippen LogP contribution in [-0.4, -0.2) is 16.0 Å². The quantitative estimate of drug-likeness (QED) is 0.823. The van der Waals surface area contributed by atoms with Gasteiger partial charge >= 0.3 is 0 Å². The normalized spacial score (nSPS) is 16.9. The van der Waals surface area contributed by atoms with Crippen LogP contribution in [0.1, 0.15) is 51.3 Å². The van der Waals surface area contributed by atoms with E-state index in [0.29, 0.717) is 6.04 Å². The maximum atomic E-state index is 11.5. The molecule has 1 aliphatic carbocycles. The van der Waals surface area contributed by atoms with Crippen molar-refractivity contribution < 1.29 is 0 Å². The van der Waals surface area contributed by atoms with Gasteiger partial charge in [-0.3, -0.25) is 4.79 Å². The van der Waals surface area contributed by atoms with E-state index in [1.54, 1.807) is 6.07 Å². The molecule has 2 rings (SSSR count). The molecule has 1 saturated carbocycles. The SMILES string of the molecule is CC(C)c1nc(NC2CCCC2)cc(=O)[nH]1. The van der Waals surface area contributed by atoms with Gasteiger partial charge in [-0.1, -0.05) is 26.7 Å².